The van der Waals surface area contributed by atoms with Gasteiger partial charge in [-0.3, -0.25) is 32.5 Å². The number of rotatable bonds is 69. The Morgan fingerprint density at radius 1 is 0.319 bits per heavy atom. The summed E-state index contributed by atoms with van der Waals surface area (Å²) in [6.45, 7) is 2.57. The van der Waals surface area contributed by atoms with Crippen molar-refractivity contribution in [3.8, 4) is 0 Å². The third kappa shape index (κ3) is 68.2. The minimum Gasteiger partial charge on any atom is -0.463 e. The molecule has 0 aromatic carbocycles. The molecule has 0 aliphatic carbocycles. The molecule has 0 heterocycles. The second-order valence-corrected chi connectivity index (χ2v) is 27.3. The maximum Gasteiger partial charge on any atom is 0.472 e. The Labute approximate surface area is 553 Å². The fourth-order valence-corrected chi connectivity index (χ4v) is 11.5. The molecule has 0 radical (unpaired) electrons. The minimum atomic E-state index is -4.91. The number of hydrogen-bond acceptors (Lipinski definition) is 14. The topological polar surface area (TPSA) is 231 Å². The Kier molecular flexibility index (Phi) is 64.8. The Bertz CT molecular complexity index is 1950. The van der Waals surface area contributed by atoms with Crippen LogP contribution in [0.5, 0.6) is 0 Å². The third-order valence-electron chi connectivity index (χ3n) is 15.4. The van der Waals surface area contributed by atoms with Gasteiger partial charge in [-0.2, -0.15) is 0 Å². The van der Waals surface area contributed by atoms with Crippen LogP contribution in [0.1, 0.15) is 316 Å². The summed E-state index contributed by atoms with van der Waals surface area (Å²) in [4.78, 5) is 58.2. The standard InChI is InChI=1S/C73H132O16P2/c1-4-7-10-13-16-19-22-23-24-25-26-27-28-29-30-31-32-33-34-35-36-37-38-39-40-41-42-43-46-48-50-53-56-59-71(76)83-62-68(74)63-85-90(79,80)86-64-69(75)65-87-91(81,82)88-67-70(89-73(78)61-58-55-52-49-45-21-18-15-12-9-6-3)66-84-72(77)60-57-54-51-47-44-20-17-14-11-8-5-2/h7,10,16,19,23-24,26-27,29-30,32-33,68-70,74-75H,4-6,8-9,11-15,17-18,20-22,25,28,31,34-67H2,1-3H3,(H,79,80)(H,81,82)/b10-7-,19-16-,24-23-,27-26-,30-29-,33-32-. The van der Waals surface area contributed by atoms with Gasteiger partial charge in [0.05, 0.1) is 26.4 Å². The molecule has 5 atom stereocenters. The fourth-order valence-electron chi connectivity index (χ4n) is 9.93. The lowest BCUT2D eigenvalue weighted by Gasteiger charge is -2.21. The van der Waals surface area contributed by atoms with Gasteiger partial charge in [0.15, 0.2) is 6.10 Å². The normalized spacial score (nSPS) is 14.6. The zero-order valence-electron chi connectivity index (χ0n) is 57.5. The molecule has 530 valence electrons. The van der Waals surface area contributed by atoms with Gasteiger partial charge in [-0.1, -0.05) is 299 Å². The van der Waals surface area contributed by atoms with Crippen molar-refractivity contribution < 1.29 is 75.8 Å². The van der Waals surface area contributed by atoms with Gasteiger partial charge in [0, 0.05) is 19.3 Å². The number of unbranched alkanes of at least 4 members (excludes halogenated alkanes) is 34. The zero-order chi connectivity index (χ0) is 66.7. The molecule has 0 bridgehead atoms. The molecule has 0 saturated heterocycles. The van der Waals surface area contributed by atoms with Crippen LogP contribution in [0.15, 0.2) is 72.9 Å². The van der Waals surface area contributed by atoms with Crippen molar-refractivity contribution in [2.45, 2.75) is 334 Å². The van der Waals surface area contributed by atoms with Crippen LogP contribution in [0.4, 0.5) is 0 Å². The molecule has 0 rings (SSSR count). The molecule has 0 amide bonds. The number of allylic oxidation sites excluding steroid dienone is 12. The van der Waals surface area contributed by atoms with Gasteiger partial charge in [0.1, 0.15) is 25.4 Å². The number of hydrogen-bond donors (Lipinski definition) is 4. The largest absolute Gasteiger partial charge is 0.472 e. The van der Waals surface area contributed by atoms with E-state index >= 15 is 0 Å². The van der Waals surface area contributed by atoms with Gasteiger partial charge in [0.25, 0.3) is 0 Å². The molecule has 91 heavy (non-hydrogen) atoms. The number of aliphatic hydroxyl groups excluding tert-OH is 2. The first-order valence-electron chi connectivity index (χ1n) is 36.2. The van der Waals surface area contributed by atoms with E-state index in [-0.39, 0.29) is 19.3 Å². The smallest absolute Gasteiger partial charge is 0.463 e. The molecule has 0 aromatic heterocycles. The summed E-state index contributed by atoms with van der Waals surface area (Å²) >= 11 is 0. The number of carbonyl (C=O) groups excluding carboxylic acids is 3. The molecule has 4 N–H and O–H groups in total. The molecule has 0 saturated carbocycles. The molecule has 0 spiro atoms. The summed E-state index contributed by atoms with van der Waals surface area (Å²) in [6, 6.07) is 0. The third-order valence-corrected chi connectivity index (χ3v) is 17.3. The first-order chi connectivity index (χ1) is 44.2. The van der Waals surface area contributed by atoms with Crippen LogP contribution in [0, 0.1) is 0 Å². The first-order valence-corrected chi connectivity index (χ1v) is 39.2. The molecule has 0 aliphatic rings. The monoisotopic (exact) mass is 1330 g/mol. The molecule has 5 unspecified atom stereocenters. The quantitative estimate of drug-likeness (QED) is 0.0146. The van der Waals surface area contributed by atoms with E-state index in [0.717, 1.165) is 109 Å². The number of phosphoric acid groups is 2. The number of phosphoric ester groups is 2. The van der Waals surface area contributed by atoms with E-state index in [1.54, 1.807) is 0 Å². The maximum atomic E-state index is 12.8. The van der Waals surface area contributed by atoms with Gasteiger partial charge in [0.2, 0.25) is 0 Å². The highest BCUT2D eigenvalue weighted by Crippen LogP contribution is 2.45. The second-order valence-electron chi connectivity index (χ2n) is 24.4. The number of aliphatic hydroxyl groups is 2. The molecular formula is C73H132O16P2. The Balaban J connectivity index is 4.27. The van der Waals surface area contributed by atoms with E-state index in [9.17, 15) is 43.5 Å². The predicted octanol–water partition coefficient (Wildman–Crippen LogP) is 20.3. The van der Waals surface area contributed by atoms with E-state index in [4.69, 9.17) is 32.3 Å². The number of ether oxygens (including phenoxy) is 3. The molecule has 18 heteroatoms. The Morgan fingerprint density at radius 2 is 0.582 bits per heavy atom. The molecule has 0 aliphatic heterocycles. The van der Waals surface area contributed by atoms with Crippen molar-refractivity contribution in [2.75, 3.05) is 39.6 Å². The lowest BCUT2D eigenvalue weighted by molar-refractivity contribution is -0.161. The summed E-state index contributed by atoms with van der Waals surface area (Å²) in [7, 11) is -9.75. The summed E-state index contributed by atoms with van der Waals surface area (Å²) in [5.41, 5.74) is 0. The van der Waals surface area contributed by atoms with Crippen molar-refractivity contribution in [2.24, 2.45) is 0 Å². The van der Waals surface area contributed by atoms with Gasteiger partial charge in [-0.05, 0) is 70.6 Å². The zero-order valence-corrected chi connectivity index (χ0v) is 59.3. The van der Waals surface area contributed by atoms with Gasteiger partial charge in [-0.15, -0.1) is 0 Å². The van der Waals surface area contributed by atoms with Crippen LogP contribution in [-0.4, -0.2) is 95.9 Å². The van der Waals surface area contributed by atoms with E-state index < -0.39 is 91.5 Å². The van der Waals surface area contributed by atoms with Gasteiger partial charge >= 0.3 is 33.6 Å². The van der Waals surface area contributed by atoms with Crippen molar-refractivity contribution in [1.29, 1.82) is 0 Å². The highest BCUT2D eigenvalue weighted by molar-refractivity contribution is 7.47. The van der Waals surface area contributed by atoms with E-state index in [2.05, 4.69) is 93.7 Å². The lowest BCUT2D eigenvalue weighted by Crippen LogP contribution is -2.30. The van der Waals surface area contributed by atoms with E-state index in [0.29, 0.717) is 19.3 Å². The van der Waals surface area contributed by atoms with Gasteiger partial charge < -0.3 is 34.2 Å². The molecule has 0 fully saturated rings. The lowest BCUT2D eigenvalue weighted by atomic mass is 10.0. The van der Waals surface area contributed by atoms with E-state index in [1.807, 2.05) is 0 Å². The first kappa shape index (κ1) is 88.0. The van der Waals surface area contributed by atoms with Crippen LogP contribution < -0.4 is 0 Å². The van der Waals surface area contributed by atoms with Crippen molar-refractivity contribution in [3.63, 3.8) is 0 Å². The Hall–Kier alpha value is -3.01. The number of esters is 3. The minimum absolute atomic E-state index is 0.112. The summed E-state index contributed by atoms with van der Waals surface area (Å²) in [5, 5.41) is 20.5. The molecule has 0 aromatic rings. The van der Waals surface area contributed by atoms with Crippen LogP contribution in [-0.2, 0) is 55.8 Å². The summed E-state index contributed by atoms with van der Waals surface area (Å²) in [6.07, 6.45) is 71.3. The summed E-state index contributed by atoms with van der Waals surface area (Å²) in [5.74, 6) is -1.56. The van der Waals surface area contributed by atoms with Crippen LogP contribution in [0.2, 0.25) is 0 Å². The van der Waals surface area contributed by atoms with Crippen LogP contribution in [0.25, 0.3) is 0 Å². The highest BCUT2D eigenvalue weighted by atomic mass is 31.2. The van der Waals surface area contributed by atoms with Gasteiger partial charge in [-0.25, -0.2) is 9.13 Å². The summed E-state index contributed by atoms with van der Waals surface area (Å²) < 4.78 is 60.8. The average Bonchev–Trinajstić information content (AvgIpc) is 3.65. The second kappa shape index (κ2) is 67.0. The Morgan fingerprint density at radius 3 is 0.923 bits per heavy atom. The highest BCUT2D eigenvalue weighted by Gasteiger charge is 2.29. The average molecular weight is 1330 g/mol. The van der Waals surface area contributed by atoms with Crippen molar-refractivity contribution >= 4 is 33.6 Å². The van der Waals surface area contributed by atoms with Crippen LogP contribution >= 0.6 is 15.6 Å². The number of carbonyl (C=O) groups is 3. The fraction of sp³-hybridized carbons (Fsp3) is 0.795. The predicted molar refractivity (Wildman–Crippen MR) is 372 cm³/mol. The SMILES string of the molecule is CC/C=C\C/C=C\C/C=C\C/C=C\C/C=C\C/C=C\CCCCCCCCCCCCCCCCC(=O)OCC(O)COP(=O)(O)OCC(O)COP(=O)(O)OCC(COC(=O)CCCCCCCCCCCCC)OC(=O)CCCCCCCCCCCCC. The molecule has 16 nitrogen and oxygen atoms in total. The van der Waals surface area contributed by atoms with Crippen molar-refractivity contribution in [1.82, 2.24) is 0 Å². The molecular weight excluding hydrogens is 1190 g/mol. The maximum absolute atomic E-state index is 12.8. The van der Waals surface area contributed by atoms with Crippen molar-refractivity contribution in [3.05, 3.63) is 72.9 Å². The van der Waals surface area contributed by atoms with Crippen LogP contribution in [0.3, 0.4) is 0 Å². The van der Waals surface area contributed by atoms with E-state index in [1.165, 1.54) is 148 Å².